The number of aryl methyl sites for hydroxylation is 1. The molecule has 1 aliphatic rings. The van der Waals surface area contributed by atoms with Crippen molar-refractivity contribution in [3.63, 3.8) is 0 Å². The average molecular weight is 453 g/mol. The minimum absolute atomic E-state index is 0.0728. The molecule has 0 saturated carbocycles. The van der Waals surface area contributed by atoms with Crippen LogP contribution in [0.4, 0.5) is 0 Å². The van der Waals surface area contributed by atoms with Crippen molar-refractivity contribution in [2.24, 2.45) is 0 Å². The lowest BCUT2D eigenvalue weighted by atomic mass is 9.69. The van der Waals surface area contributed by atoms with E-state index < -0.39 is 0 Å². The average Bonchev–Trinajstić information content (AvgIpc) is 3.23. The lowest BCUT2D eigenvalue weighted by molar-refractivity contribution is 0.433. The highest BCUT2D eigenvalue weighted by Crippen LogP contribution is 2.44. The van der Waals surface area contributed by atoms with Crippen LogP contribution in [0.15, 0.2) is 34.2 Å². The minimum Gasteiger partial charge on any atom is -0.309 e. The third-order valence-corrected chi connectivity index (χ3v) is 8.00. The summed E-state index contributed by atoms with van der Waals surface area (Å²) in [5, 5.41) is 9.81. The van der Waals surface area contributed by atoms with E-state index in [0.29, 0.717) is 5.78 Å². The van der Waals surface area contributed by atoms with E-state index in [4.69, 9.17) is 0 Å². The number of thioether (sulfide) groups is 1. The summed E-state index contributed by atoms with van der Waals surface area (Å²) in [4.78, 5) is 14.1. The molecule has 0 radical (unpaired) electrons. The predicted octanol–water partition coefficient (Wildman–Crippen LogP) is 6.25. The SMILES string of the molecule is CCCCCSc1nnc2n(CCCCC)c3c(c(=O)n12)[C@](C)(CC)Cc1ccccc1-3. The molecular formula is C26H36N4OS. The fourth-order valence-electron chi connectivity index (χ4n) is 4.94. The first-order chi connectivity index (χ1) is 15.6. The van der Waals surface area contributed by atoms with Gasteiger partial charge in [-0.25, -0.2) is 4.40 Å². The van der Waals surface area contributed by atoms with Crippen LogP contribution in [0.3, 0.4) is 0 Å². The molecule has 2 heterocycles. The molecule has 5 nitrogen and oxygen atoms in total. The van der Waals surface area contributed by atoms with Gasteiger partial charge < -0.3 is 4.57 Å². The summed E-state index contributed by atoms with van der Waals surface area (Å²) < 4.78 is 4.10. The summed E-state index contributed by atoms with van der Waals surface area (Å²) in [6.45, 7) is 9.75. The number of aromatic nitrogens is 4. The summed E-state index contributed by atoms with van der Waals surface area (Å²) in [6, 6.07) is 8.59. The summed E-state index contributed by atoms with van der Waals surface area (Å²) in [7, 11) is 0. The van der Waals surface area contributed by atoms with Gasteiger partial charge in [-0.15, -0.1) is 10.2 Å². The second-order valence-electron chi connectivity index (χ2n) is 9.31. The molecule has 172 valence electrons. The van der Waals surface area contributed by atoms with Crippen molar-refractivity contribution in [2.45, 2.75) is 96.2 Å². The number of hydrogen-bond acceptors (Lipinski definition) is 4. The number of nitrogens with zero attached hydrogens (tertiary/aromatic N) is 4. The molecule has 0 spiro atoms. The molecule has 1 atom stereocenters. The van der Waals surface area contributed by atoms with Crippen LogP contribution in [0.2, 0.25) is 0 Å². The largest absolute Gasteiger partial charge is 0.309 e. The zero-order valence-corrected chi connectivity index (χ0v) is 20.8. The smallest absolute Gasteiger partial charge is 0.265 e. The van der Waals surface area contributed by atoms with Gasteiger partial charge in [-0.1, -0.05) is 89.4 Å². The van der Waals surface area contributed by atoms with Crippen molar-refractivity contribution in [3.8, 4) is 11.3 Å². The van der Waals surface area contributed by atoms with E-state index in [0.717, 1.165) is 67.2 Å². The van der Waals surface area contributed by atoms with E-state index in [1.165, 1.54) is 24.0 Å². The fourth-order valence-corrected chi connectivity index (χ4v) is 5.87. The maximum atomic E-state index is 14.1. The Morgan fingerprint density at radius 2 is 1.78 bits per heavy atom. The molecule has 1 aliphatic carbocycles. The van der Waals surface area contributed by atoms with E-state index in [-0.39, 0.29) is 11.0 Å². The first-order valence-electron chi connectivity index (χ1n) is 12.3. The molecule has 0 amide bonds. The molecule has 4 rings (SSSR count). The van der Waals surface area contributed by atoms with Crippen LogP contribution >= 0.6 is 11.8 Å². The van der Waals surface area contributed by atoms with E-state index >= 15 is 0 Å². The molecule has 0 N–H and O–H groups in total. The lowest BCUT2D eigenvalue weighted by Crippen LogP contribution is -2.39. The molecule has 2 aromatic heterocycles. The monoisotopic (exact) mass is 452 g/mol. The zero-order chi connectivity index (χ0) is 22.7. The van der Waals surface area contributed by atoms with Gasteiger partial charge in [0.05, 0.1) is 5.69 Å². The summed E-state index contributed by atoms with van der Waals surface area (Å²) >= 11 is 1.67. The first kappa shape index (κ1) is 23.1. The Labute approximate surface area is 195 Å². The summed E-state index contributed by atoms with van der Waals surface area (Å²) in [6.07, 6.45) is 8.72. The first-order valence-corrected chi connectivity index (χ1v) is 13.3. The van der Waals surface area contributed by atoms with Gasteiger partial charge >= 0.3 is 0 Å². The number of fused-ring (bicyclic) bond motifs is 4. The van der Waals surface area contributed by atoms with E-state index in [1.807, 2.05) is 4.40 Å². The summed E-state index contributed by atoms with van der Waals surface area (Å²) in [5.41, 5.74) is 4.40. The predicted molar refractivity (Wildman–Crippen MR) is 134 cm³/mol. The molecular weight excluding hydrogens is 416 g/mol. The van der Waals surface area contributed by atoms with Gasteiger partial charge in [0, 0.05) is 28.8 Å². The molecule has 3 aromatic rings. The van der Waals surface area contributed by atoms with E-state index in [9.17, 15) is 4.79 Å². The van der Waals surface area contributed by atoms with Crippen molar-refractivity contribution >= 4 is 17.5 Å². The van der Waals surface area contributed by atoms with Gasteiger partial charge in [0.25, 0.3) is 5.56 Å². The zero-order valence-electron chi connectivity index (χ0n) is 20.0. The van der Waals surface area contributed by atoms with Gasteiger partial charge in [-0.3, -0.25) is 4.79 Å². The van der Waals surface area contributed by atoms with Gasteiger partial charge in [-0.05, 0) is 31.2 Å². The maximum absolute atomic E-state index is 14.1. The third kappa shape index (κ3) is 4.02. The fraction of sp³-hybridized carbons (Fsp3) is 0.577. The Hall–Kier alpha value is -2.08. The van der Waals surface area contributed by atoms with Crippen LogP contribution in [0.1, 0.15) is 83.8 Å². The van der Waals surface area contributed by atoms with Crippen molar-refractivity contribution in [1.29, 1.82) is 0 Å². The number of rotatable bonds is 10. The quantitative estimate of drug-likeness (QED) is 0.269. The van der Waals surface area contributed by atoms with E-state index in [2.05, 4.69) is 66.7 Å². The van der Waals surface area contributed by atoms with Crippen LogP contribution in [0, 0.1) is 0 Å². The Kier molecular flexibility index (Phi) is 7.08. The molecule has 1 aromatic carbocycles. The molecule has 0 aliphatic heterocycles. The van der Waals surface area contributed by atoms with Gasteiger partial charge in [0.15, 0.2) is 5.16 Å². The highest BCUT2D eigenvalue weighted by molar-refractivity contribution is 7.99. The Morgan fingerprint density at radius 1 is 1.03 bits per heavy atom. The standard InChI is InChI=1S/C26H36N4OS/c1-5-8-12-16-29-22-20-15-11-10-14-19(20)18-26(4,7-3)21(22)23(31)30-24(29)27-28-25(30)32-17-13-9-6-2/h10-11,14-15H,5-9,12-13,16-18H2,1-4H3/t26-/m1/s1. The van der Waals surface area contributed by atoms with Gasteiger partial charge in [-0.2, -0.15) is 0 Å². The van der Waals surface area contributed by atoms with Crippen LogP contribution in [0.25, 0.3) is 17.0 Å². The molecule has 6 heteroatoms. The van der Waals surface area contributed by atoms with Crippen LogP contribution in [0.5, 0.6) is 0 Å². The van der Waals surface area contributed by atoms with Crippen molar-refractivity contribution in [1.82, 2.24) is 19.2 Å². The van der Waals surface area contributed by atoms with Crippen LogP contribution < -0.4 is 5.56 Å². The van der Waals surface area contributed by atoms with Crippen LogP contribution in [-0.2, 0) is 18.4 Å². The molecule has 0 unspecified atom stereocenters. The second kappa shape index (κ2) is 9.82. The molecule has 32 heavy (non-hydrogen) atoms. The van der Waals surface area contributed by atoms with Crippen molar-refractivity contribution in [2.75, 3.05) is 5.75 Å². The normalized spacial score (nSPS) is 17.5. The minimum atomic E-state index is -0.199. The highest BCUT2D eigenvalue weighted by Gasteiger charge is 2.39. The molecule has 0 fully saturated rings. The van der Waals surface area contributed by atoms with Crippen molar-refractivity contribution in [3.05, 3.63) is 45.7 Å². The number of hydrogen-bond donors (Lipinski definition) is 0. The second-order valence-corrected chi connectivity index (χ2v) is 10.4. The Balaban J connectivity index is 1.96. The topological polar surface area (TPSA) is 52.2 Å². The third-order valence-electron chi connectivity index (χ3n) is 6.98. The Bertz CT molecular complexity index is 1150. The number of unbranched alkanes of at least 4 members (excludes halogenated alkanes) is 4. The van der Waals surface area contributed by atoms with Crippen molar-refractivity contribution < 1.29 is 0 Å². The summed E-state index contributed by atoms with van der Waals surface area (Å²) in [5.74, 6) is 1.66. The van der Waals surface area contributed by atoms with E-state index in [1.54, 1.807) is 11.8 Å². The lowest BCUT2D eigenvalue weighted by Gasteiger charge is -2.37. The maximum Gasteiger partial charge on any atom is 0.265 e. The Morgan fingerprint density at radius 3 is 2.53 bits per heavy atom. The van der Waals surface area contributed by atoms with Gasteiger partial charge in [0.2, 0.25) is 5.78 Å². The number of benzene rings is 1. The van der Waals surface area contributed by atoms with Crippen LogP contribution in [-0.4, -0.2) is 24.9 Å². The highest BCUT2D eigenvalue weighted by atomic mass is 32.2. The van der Waals surface area contributed by atoms with Gasteiger partial charge in [0.1, 0.15) is 0 Å². The molecule has 0 bridgehead atoms. The molecule has 0 saturated heterocycles.